The smallest absolute Gasteiger partial charge is 0.240 e. The number of anilines is 1. The number of benzene rings is 1. The molecule has 6 nitrogen and oxygen atoms in total. The average Bonchev–Trinajstić information content (AvgIpc) is 2.47. The van der Waals surface area contributed by atoms with Crippen molar-refractivity contribution in [2.75, 3.05) is 11.9 Å². The molecule has 102 valence electrons. The molecular weight excluding hydrogens is 276 g/mol. The number of nitrogens with zero attached hydrogens (tertiary/aromatic N) is 2. The molecule has 0 amide bonds. The molecule has 1 rings (SSSR count). The van der Waals surface area contributed by atoms with Gasteiger partial charge in [0.05, 0.1) is 4.90 Å². The highest BCUT2D eigenvalue weighted by Crippen LogP contribution is 2.14. The molecule has 0 radical (unpaired) electrons. The first-order valence-corrected chi connectivity index (χ1v) is 6.99. The summed E-state index contributed by atoms with van der Waals surface area (Å²) in [7, 11) is -3.55. The van der Waals surface area contributed by atoms with Gasteiger partial charge in [-0.05, 0) is 24.3 Å². The molecule has 1 aromatic carbocycles. The number of hydrogen-bond donors (Lipinski definition) is 2. The SMILES string of the molecule is C=CCNS(=O)(=O)c1ccc(NC=C(C#N)C#N)cc1. The summed E-state index contributed by atoms with van der Waals surface area (Å²) in [6, 6.07) is 9.31. The van der Waals surface area contributed by atoms with Gasteiger partial charge in [0.2, 0.25) is 10.0 Å². The predicted molar refractivity (Wildman–Crippen MR) is 74.8 cm³/mol. The average molecular weight is 288 g/mol. The predicted octanol–water partition coefficient (Wildman–Crippen LogP) is 1.49. The lowest BCUT2D eigenvalue weighted by atomic mass is 10.3. The van der Waals surface area contributed by atoms with E-state index in [1.54, 1.807) is 12.1 Å². The summed E-state index contributed by atoms with van der Waals surface area (Å²) in [4.78, 5) is 0.120. The Morgan fingerprint density at radius 3 is 2.35 bits per heavy atom. The normalized spacial score (nSPS) is 9.90. The Kier molecular flexibility index (Phi) is 5.48. The maximum atomic E-state index is 11.8. The zero-order chi connectivity index (χ0) is 15.0. The van der Waals surface area contributed by atoms with Crippen molar-refractivity contribution in [3.05, 3.63) is 48.7 Å². The van der Waals surface area contributed by atoms with Crippen molar-refractivity contribution in [1.82, 2.24) is 4.72 Å². The Morgan fingerprint density at radius 1 is 1.25 bits per heavy atom. The molecule has 0 bridgehead atoms. The van der Waals surface area contributed by atoms with Gasteiger partial charge >= 0.3 is 0 Å². The number of sulfonamides is 1. The van der Waals surface area contributed by atoms with E-state index in [1.807, 2.05) is 0 Å². The van der Waals surface area contributed by atoms with E-state index in [0.29, 0.717) is 5.69 Å². The first kappa shape index (κ1) is 15.4. The Hall–Kier alpha value is -2.61. The third kappa shape index (κ3) is 4.25. The van der Waals surface area contributed by atoms with Crippen LogP contribution in [0.3, 0.4) is 0 Å². The molecule has 0 aliphatic rings. The van der Waals surface area contributed by atoms with Crippen molar-refractivity contribution in [2.45, 2.75) is 4.90 Å². The van der Waals surface area contributed by atoms with Gasteiger partial charge in [-0.2, -0.15) is 10.5 Å². The van der Waals surface area contributed by atoms with Crippen molar-refractivity contribution in [2.24, 2.45) is 0 Å². The van der Waals surface area contributed by atoms with E-state index in [0.717, 1.165) is 0 Å². The molecular formula is C13H12N4O2S. The van der Waals surface area contributed by atoms with Gasteiger partial charge in [-0.25, -0.2) is 13.1 Å². The van der Waals surface area contributed by atoms with E-state index < -0.39 is 10.0 Å². The minimum absolute atomic E-state index is 0.0747. The van der Waals surface area contributed by atoms with Crippen molar-refractivity contribution in [3.63, 3.8) is 0 Å². The largest absolute Gasteiger partial charge is 0.360 e. The second kappa shape index (κ2) is 7.10. The lowest BCUT2D eigenvalue weighted by Gasteiger charge is -2.06. The van der Waals surface area contributed by atoms with E-state index in [4.69, 9.17) is 10.5 Å². The van der Waals surface area contributed by atoms with Crippen LogP contribution in [0.25, 0.3) is 0 Å². The van der Waals surface area contributed by atoms with Crippen molar-refractivity contribution < 1.29 is 8.42 Å². The van der Waals surface area contributed by atoms with Crippen LogP contribution in [0.15, 0.2) is 53.6 Å². The lowest BCUT2D eigenvalue weighted by Crippen LogP contribution is -2.23. The highest BCUT2D eigenvalue weighted by Gasteiger charge is 2.11. The molecule has 0 aliphatic carbocycles. The van der Waals surface area contributed by atoms with E-state index in [2.05, 4.69) is 16.6 Å². The molecule has 0 aromatic heterocycles. The third-order valence-corrected chi connectivity index (χ3v) is 3.65. The van der Waals surface area contributed by atoms with Crippen LogP contribution >= 0.6 is 0 Å². The quantitative estimate of drug-likeness (QED) is 0.609. The topological polar surface area (TPSA) is 106 Å². The van der Waals surface area contributed by atoms with Gasteiger partial charge in [0.25, 0.3) is 0 Å². The van der Waals surface area contributed by atoms with Gasteiger partial charge in [-0.1, -0.05) is 6.08 Å². The maximum Gasteiger partial charge on any atom is 0.240 e. The van der Waals surface area contributed by atoms with Crippen LogP contribution in [0.1, 0.15) is 0 Å². The maximum absolute atomic E-state index is 11.8. The zero-order valence-corrected chi connectivity index (χ0v) is 11.3. The van der Waals surface area contributed by atoms with Crippen LogP contribution < -0.4 is 10.0 Å². The van der Waals surface area contributed by atoms with Crippen molar-refractivity contribution >= 4 is 15.7 Å². The monoisotopic (exact) mass is 288 g/mol. The molecule has 2 N–H and O–H groups in total. The second-order valence-corrected chi connectivity index (χ2v) is 5.36. The lowest BCUT2D eigenvalue weighted by molar-refractivity contribution is 0.585. The molecule has 1 aromatic rings. The molecule has 0 spiro atoms. The van der Waals surface area contributed by atoms with E-state index >= 15 is 0 Å². The summed E-state index contributed by atoms with van der Waals surface area (Å²) >= 11 is 0. The van der Waals surface area contributed by atoms with E-state index in [9.17, 15) is 8.42 Å². The fraction of sp³-hybridized carbons (Fsp3) is 0.0769. The molecule has 0 unspecified atom stereocenters. The minimum atomic E-state index is -3.55. The standard InChI is InChI=1S/C13H12N4O2S/c1-2-7-17-20(18,19)13-5-3-12(4-6-13)16-10-11(8-14)9-15/h2-6,10,16-17H,1,7H2. The Labute approximate surface area is 117 Å². The Balaban J connectivity index is 2.85. The molecule has 0 saturated heterocycles. The molecule has 0 saturated carbocycles. The van der Waals surface area contributed by atoms with Gasteiger partial charge in [-0.15, -0.1) is 6.58 Å². The Morgan fingerprint density at radius 2 is 1.85 bits per heavy atom. The fourth-order valence-corrected chi connectivity index (χ4v) is 2.23. The number of allylic oxidation sites excluding steroid dienone is 1. The van der Waals surface area contributed by atoms with Gasteiger partial charge in [0.15, 0.2) is 0 Å². The molecule has 0 atom stereocenters. The minimum Gasteiger partial charge on any atom is -0.360 e. The van der Waals surface area contributed by atoms with Crippen LogP contribution in [0.5, 0.6) is 0 Å². The molecule has 0 aliphatic heterocycles. The summed E-state index contributed by atoms with van der Waals surface area (Å²) in [6.45, 7) is 3.58. The van der Waals surface area contributed by atoms with Crippen LogP contribution in [0, 0.1) is 22.7 Å². The summed E-state index contributed by atoms with van der Waals surface area (Å²) in [5, 5.41) is 19.9. The number of hydrogen-bond acceptors (Lipinski definition) is 5. The highest BCUT2D eigenvalue weighted by molar-refractivity contribution is 7.89. The summed E-state index contributed by atoms with van der Waals surface area (Å²) in [6.07, 6.45) is 2.70. The van der Waals surface area contributed by atoms with Crippen molar-refractivity contribution in [1.29, 1.82) is 10.5 Å². The van der Waals surface area contributed by atoms with Gasteiger partial charge in [0, 0.05) is 18.4 Å². The van der Waals surface area contributed by atoms with Crippen LogP contribution in [-0.2, 0) is 10.0 Å². The highest BCUT2D eigenvalue weighted by atomic mass is 32.2. The zero-order valence-electron chi connectivity index (χ0n) is 10.5. The number of nitrogens with one attached hydrogen (secondary N) is 2. The molecule has 20 heavy (non-hydrogen) atoms. The molecule has 0 heterocycles. The van der Waals surface area contributed by atoms with Gasteiger partial charge in [-0.3, -0.25) is 0 Å². The molecule has 0 fully saturated rings. The second-order valence-electron chi connectivity index (χ2n) is 3.59. The van der Waals surface area contributed by atoms with E-state index in [1.165, 1.54) is 36.5 Å². The number of rotatable bonds is 6. The van der Waals surface area contributed by atoms with Crippen LogP contribution in [0.4, 0.5) is 5.69 Å². The fourth-order valence-electron chi connectivity index (χ4n) is 1.23. The van der Waals surface area contributed by atoms with Crippen LogP contribution in [0.2, 0.25) is 0 Å². The first-order chi connectivity index (χ1) is 9.53. The molecule has 7 heteroatoms. The summed E-state index contributed by atoms with van der Waals surface area (Å²) in [5.41, 5.74) is 0.491. The van der Waals surface area contributed by atoms with Crippen LogP contribution in [-0.4, -0.2) is 15.0 Å². The summed E-state index contributed by atoms with van der Waals surface area (Å²) in [5.74, 6) is 0. The van der Waals surface area contributed by atoms with Gasteiger partial charge < -0.3 is 5.32 Å². The summed E-state index contributed by atoms with van der Waals surface area (Å²) < 4.78 is 25.9. The van der Waals surface area contributed by atoms with Crippen molar-refractivity contribution in [3.8, 4) is 12.1 Å². The van der Waals surface area contributed by atoms with E-state index in [-0.39, 0.29) is 17.0 Å². The third-order valence-electron chi connectivity index (χ3n) is 2.21. The Bertz CT molecular complexity index is 675. The number of nitriles is 2. The van der Waals surface area contributed by atoms with Gasteiger partial charge in [0.1, 0.15) is 17.7 Å². The first-order valence-electron chi connectivity index (χ1n) is 5.51.